The van der Waals surface area contributed by atoms with Crippen molar-refractivity contribution in [2.75, 3.05) is 5.32 Å². The largest absolute Gasteiger partial charge is 0.434 e. The molecule has 0 aliphatic heterocycles. The summed E-state index contributed by atoms with van der Waals surface area (Å²) in [6, 6.07) is 6.24. The monoisotopic (exact) mass is 308 g/mol. The van der Waals surface area contributed by atoms with Crippen LogP contribution in [-0.2, 0) is 4.79 Å². The van der Waals surface area contributed by atoms with E-state index in [0.29, 0.717) is 11.4 Å². The molecular formula is C12H9ClN4O4. The van der Waals surface area contributed by atoms with Crippen LogP contribution in [0.1, 0.15) is 6.92 Å². The van der Waals surface area contributed by atoms with E-state index >= 15 is 0 Å². The van der Waals surface area contributed by atoms with Gasteiger partial charge in [0.25, 0.3) is 0 Å². The number of nitrogens with one attached hydrogen (secondary N) is 1. The van der Waals surface area contributed by atoms with Gasteiger partial charge in [-0.05, 0) is 24.3 Å². The van der Waals surface area contributed by atoms with Crippen molar-refractivity contribution in [2.45, 2.75) is 6.92 Å². The zero-order valence-corrected chi connectivity index (χ0v) is 11.5. The summed E-state index contributed by atoms with van der Waals surface area (Å²) >= 11 is 5.65. The number of benzene rings is 1. The van der Waals surface area contributed by atoms with Gasteiger partial charge in [-0.3, -0.25) is 14.9 Å². The fourth-order valence-electron chi connectivity index (χ4n) is 1.49. The fourth-order valence-corrected chi connectivity index (χ4v) is 1.69. The molecule has 0 atom stereocenters. The van der Waals surface area contributed by atoms with Crippen LogP contribution in [0.4, 0.5) is 11.4 Å². The van der Waals surface area contributed by atoms with E-state index in [1.165, 1.54) is 19.1 Å². The molecule has 0 saturated carbocycles. The Morgan fingerprint density at radius 3 is 2.57 bits per heavy atom. The summed E-state index contributed by atoms with van der Waals surface area (Å²) in [7, 11) is 0. The second kappa shape index (κ2) is 6.14. The highest BCUT2D eigenvalue weighted by Gasteiger charge is 2.23. The smallest absolute Gasteiger partial charge is 0.368 e. The van der Waals surface area contributed by atoms with E-state index in [1.807, 2.05) is 0 Å². The predicted octanol–water partition coefficient (Wildman–Crippen LogP) is 2.79. The maximum absolute atomic E-state index is 10.9. The van der Waals surface area contributed by atoms with Crippen LogP contribution in [-0.4, -0.2) is 20.8 Å². The molecule has 2 aromatic rings. The van der Waals surface area contributed by atoms with Gasteiger partial charge in [-0.15, -0.1) is 0 Å². The van der Waals surface area contributed by atoms with Crippen molar-refractivity contribution in [1.82, 2.24) is 9.97 Å². The minimum Gasteiger partial charge on any atom is -0.434 e. The SMILES string of the molecule is CC(=O)Nc1ccc(Oc2ncnc(Cl)c2[N+](=O)[O-])cc1. The Labute approximate surface area is 123 Å². The second-order valence-corrected chi connectivity index (χ2v) is 4.24. The first-order valence-corrected chi connectivity index (χ1v) is 6.05. The molecule has 1 N–H and O–H groups in total. The number of carbonyl (C=O) groups is 1. The Kier molecular flexibility index (Phi) is 4.29. The van der Waals surface area contributed by atoms with Gasteiger partial charge in [-0.1, -0.05) is 11.6 Å². The molecule has 0 spiro atoms. The summed E-state index contributed by atoms with van der Waals surface area (Å²) in [5.74, 6) is -0.156. The molecule has 1 heterocycles. The average molecular weight is 309 g/mol. The number of nitro groups is 1. The van der Waals surface area contributed by atoms with Gasteiger partial charge in [0.2, 0.25) is 11.1 Å². The summed E-state index contributed by atoms with van der Waals surface area (Å²) in [4.78, 5) is 28.3. The van der Waals surface area contributed by atoms with Crippen LogP contribution in [0, 0.1) is 10.1 Å². The molecule has 1 amide bonds. The molecule has 0 bridgehead atoms. The Hall–Kier alpha value is -2.74. The lowest BCUT2D eigenvalue weighted by atomic mass is 10.3. The Morgan fingerprint density at radius 1 is 1.33 bits per heavy atom. The lowest BCUT2D eigenvalue weighted by molar-refractivity contribution is -0.386. The summed E-state index contributed by atoms with van der Waals surface area (Å²) in [5, 5.41) is 13.2. The highest BCUT2D eigenvalue weighted by molar-refractivity contribution is 6.31. The molecule has 1 aromatic heterocycles. The van der Waals surface area contributed by atoms with Gasteiger partial charge in [0.05, 0.1) is 4.92 Å². The third kappa shape index (κ3) is 3.63. The number of hydrogen-bond donors (Lipinski definition) is 1. The van der Waals surface area contributed by atoms with Crippen molar-refractivity contribution in [3.8, 4) is 11.6 Å². The maximum atomic E-state index is 10.9. The molecule has 0 fully saturated rings. The molecule has 2 rings (SSSR count). The van der Waals surface area contributed by atoms with Crippen LogP contribution in [0.2, 0.25) is 5.15 Å². The highest BCUT2D eigenvalue weighted by Crippen LogP contribution is 2.33. The fraction of sp³-hybridized carbons (Fsp3) is 0.0833. The average Bonchev–Trinajstić information content (AvgIpc) is 2.40. The quantitative estimate of drug-likeness (QED) is 0.528. The number of hydrogen-bond acceptors (Lipinski definition) is 6. The van der Waals surface area contributed by atoms with E-state index < -0.39 is 10.6 Å². The van der Waals surface area contributed by atoms with Crippen LogP contribution in [0.25, 0.3) is 0 Å². The number of ether oxygens (including phenoxy) is 1. The summed E-state index contributed by atoms with van der Waals surface area (Å²) in [6.07, 6.45) is 1.07. The third-order valence-corrected chi connectivity index (χ3v) is 2.59. The number of amides is 1. The zero-order valence-electron chi connectivity index (χ0n) is 10.7. The molecule has 108 valence electrons. The number of aromatic nitrogens is 2. The van der Waals surface area contributed by atoms with E-state index in [2.05, 4.69) is 15.3 Å². The summed E-state index contributed by atoms with van der Waals surface area (Å²) < 4.78 is 5.32. The third-order valence-electron chi connectivity index (χ3n) is 2.32. The Morgan fingerprint density at radius 2 is 2.00 bits per heavy atom. The van der Waals surface area contributed by atoms with Gasteiger partial charge in [-0.25, -0.2) is 4.98 Å². The predicted molar refractivity (Wildman–Crippen MR) is 74.5 cm³/mol. The molecule has 0 radical (unpaired) electrons. The van der Waals surface area contributed by atoms with Gasteiger partial charge in [0, 0.05) is 12.6 Å². The number of nitrogens with zero attached hydrogens (tertiary/aromatic N) is 3. The van der Waals surface area contributed by atoms with Crippen LogP contribution >= 0.6 is 11.6 Å². The Bertz CT molecular complexity index is 690. The molecule has 9 heteroatoms. The van der Waals surface area contributed by atoms with Crippen molar-refractivity contribution in [2.24, 2.45) is 0 Å². The van der Waals surface area contributed by atoms with Gasteiger partial charge in [0.1, 0.15) is 12.1 Å². The number of halogens is 1. The molecule has 0 saturated heterocycles. The van der Waals surface area contributed by atoms with Gasteiger partial charge < -0.3 is 10.1 Å². The van der Waals surface area contributed by atoms with E-state index in [1.54, 1.807) is 12.1 Å². The van der Waals surface area contributed by atoms with Crippen LogP contribution in [0.15, 0.2) is 30.6 Å². The van der Waals surface area contributed by atoms with E-state index in [0.717, 1.165) is 6.33 Å². The zero-order chi connectivity index (χ0) is 15.4. The molecule has 1 aromatic carbocycles. The number of anilines is 1. The maximum Gasteiger partial charge on any atom is 0.368 e. The Balaban J connectivity index is 2.24. The summed E-state index contributed by atoms with van der Waals surface area (Å²) in [6.45, 7) is 1.39. The van der Waals surface area contributed by atoms with Crippen molar-refractivity contribution in [1.29, 1.82) is 0 Å². The van der Waals surface area contributed by atoms with Gasteiger partial charge >= 0.3 is 11.6 Å². The molecule has 0 aliphatic rings. The van der Waals surface area contributed by atoms with E-state index in [9.17, 15) is 14.9 Å². The van der Waals surface area contributed by atoms with Crippen molar-refractivity contribution in [3.05, 3.63) is 45.9 Å². The number of rotatable bonds is 4. The second-order valence-electron chi connectivity index (χ2n) is 3.88. The molecule has 8 nitrogen and oxygen atoms in total. The van der Waals surface area contributed by atoms with E-state index in [4.69, 9.17) is 16.3 Å². The van der Waals surface area contributed by atoms with Gasteiger partial charge in [0.15, 0.2) is 0 Å². The molecule has 0 aliphatic carbocycles. The first-order valence-electron chi connectivity index (χ1n) is 5.68. The van der Waals surface area contributed by atoms with Crippen molar-refractivity contribution < 1.29 is 14.5 Å². The van der Waals surface area contributed by atoms with Crippen molar-refractivity contribution >= 4 is 28.9 Å². The molecular weight excluding hydrogens is 300 g/mol. The van der Waals surface area contributed by atoms with Crippen LogP contribution in [0.5, 0.6) is 11.6 Å². The minimum atomic E-state index is -0.719. The lowest BCUT2D eigenvalue weighted by Gasteiger charge is -2.06. The number of carbonyl (C=O) groups excluding carboxylic acids is 1. The summed E-state index contributed by atoms with van der Waals surface area (Å²) in [5.41, 5.74) is 0.0650. The lowest BCUT2D eigenvalue weighted by Crippen LogP contribution is -2.05. The highest BCUT2D eigenvalue weighted by atomic mass is 35.5. The topological polar surface area (TPSA) is 107 Å². The first-order chi connectivity index (χ1) is 9.97. The van der Waals surface area contributed by atoms with Gasteiger partial charge in [-0.2, -0.15) is 4.98 Å². The molecule has 0 unspecified atom stereocenters. The molecule has 21 heavy (non-hydrogen) atoms. The normalized spacial score (nSPS) is 10.0. The van der Waals surface area contributed by atoms with Crippen molar-refractivity contribution in [3.63, 3.8) is 0 Å². The minimum absolute atomic E-state index is 0.207. The van der Waals surface area contributed by atoms with Crippen LogP contribution in [0.3, 0.4) is 0 Å². The standard InChI is InChI=1S/C12H9ClN4O4/c1-7(18)16-8-2-4-9(5-3-8)21-12-10(17(19)20)11(13)14-6-15-12/h2-6H,1H3,(H,16,18). The first kappa shape index (κ1) is 14.7. The van der Waals surface area contributed by atoms with E-state index in [-0.39, 0.29) is 16.9 Å². The van der Waals surface area contributed by atoms with Crippen LogP contribution < -0.4 is 10.1 Å².